The molecule has 486 valence electrons. The molecule has 86 heavy (non-hydrogen) atoms. The monoisotopic (exact) mass is 1210 g/mol. The lowest BCUT2D eigenvalue weighted by Crippen LogP contribution is -2.61. The van der Waals surface area contributed by atoms with Crippen LogP contribution in [0, 0.1) is 35.5 Å². The highest BCUT2D eigenvalue weighted by atomic mass is 16.6. The molecule has 1 aromatic rings. The molecule has 4 aliphatic rings. The Labute approximate surface area is 512 Å². The molecular weight excluding hydrogens is 1100 g/mol. The molecule has 1 aromatic heterocycles. The average Bonchev–Trinajstić information content (AvgIpc) is 1.04. The molecule has 0 radical (unpaired) electrons. The Morgan fingerprint density at radius 2 is 1.52 bits per heavy atom. The zero-order chi connectivity index (χ0) is 62.8. The standard InChI is InChI=1S/C66H106N4O16/c1-12-30-81-33-35-83-36-34-82-32-29-69-43-52(67-68-69)22-17-19-31-84-56-27-25-51(40-59(56)79-10)39-47(5)58-42-55(71)46(4)38-49(7)61(73)62(80-11)60(72)48(6)37-44(2)20-14-13-15-21-45(3)57(78-9)41-53-26-24-50(8)66(77,86-53)63(74)64(75)70-28-18-16-23-54(70)65(76)85-58/h13-15,20-21,38,43-44,46-48,50-51,53-54,56-59,61-62,73,77H,12,16-19,22-37,39-42H2,1-11H3/b15-13+,20-14+,45-21+,49-38+/t44-,46-,47-,48-,50-,51+,53+,54+,56-,57+,58+,59-,61-,62+,66-/m1/s1. The number of hydrogen-bond acceptors (Lipinski definition) is 18. The fourth-order valence-corrected chi connectivity index (χ4v) is 12.3. The normalized spacial score (nSPS) is 33.5. The average molecular weight is 1210 g/mol. The summed E-state index contributed by atoms with van der Waals surface area (Å²) in [5.41, 5.74) is 2.18. The van der Waals surface area contributed by atoms with Gasteiger partial charge in [-0.25, -0.2) is 9.48 Å². The molecule has 1 saturated carbocycles. The molecule has 0 unspecified atom stereocenters. The molecule has 3 aliphatic heterocycles. The molecule has 2 bridgehead atoms. The molecule has 20 heteroatoms. The first-order chi connectivity index (χ1) is 41.2. The van der Waals surface area contributed by atoms with Gasteiger partial charge in [-0.1, -0.05) is 83.2 Å². The van der Waals surface area contributed by atoms with E-state index in [0.717, 1.165) is 56.4 Å². The van der Waals surface area contributed by atoms with Crippen LogP contribution < -0.4 is 0 Å². The second-order valence-corrected chi connectivity index (χ2v) is 24.7. The first-order valence-corrected chi connectivity index (χ1v) is 32.0. The lowest BCUT2D eigenvalue weighted by molar-refractivity contribution is -0.265. The number of aliphatic hydroxyl groups excluding tert-OH is 1. The maximum atomic E-state index is 14.7. The van der Waals surface area contributed by atoms with Crippen molar-refractivity contribution in [2.24, 2.45) is 35.5 Å². The topological polar surface area (TPSA) is 243 Å². The van der Waals surface area contributed by atoms with E-state index >= 15 is 0 Å². The number of carbonyl (C=O) groups is 5. The van der Waals surface area contributed by atoms with Crippen molar-refractivity contribution in [1.82, 2.24) is 19.9 Å². The molecule has 4 heterocycles. The molecule has 15 atom stereocenters. The van der Waals surface area contributed by atoms with Gasteiger partial charge in [0.1, 0.15) is 30.1 Å². The minimum Gasteiger partial charge on any atom is -0.460 e. The van der Waals surface area contributed by atoms with E-state index in [0.29, 0.717) is 103 Å². The fraction of sp³-hybridized carbons (Fsp3) is 0.773. The van der Waals surface area contributed by atoms with E-state index in [1.165, 1.54) is 12.0 Å². The van der Waals surface area contributed by atoms with E-state index in [4.69, 9.17) is 42.6 Å². The summed E-state index contributed by atoms with van der Waals surface area (Å²) >= 11 is 0. The number of piperidine rings is 1. The van der Waals surface area contributed by atoms with Crippen molar-refractivity contribution in [2.45, 2.75) is 219 Å². The van der Waals surface area contributed by atoms with Crippen molar-refractivity contribution in [2.75, 3.05) is 74.1 Å². The van der Waals surface area contributed by atoms with Gasteiger partial charge in [-0.3, -0.25) is 19.2 Å². The van der Waals surface area contributed by atoms with Crippen molar-refractivity contribution in [3.63, 3.8) is 0 Å². The van der Waals surface area contributed by atoms with Gasteiger partial charge in [0.05, 0.1) is 69.7 Å². The number of aliphatic hydroxyl groups is 2. The number of unbranched alkanes of at least 4 members (excludes halogenated alkanes) is 1. The van der Waals surface area contributed by atoms with Gasteiger partial charge in [0.2, 0.25) is 5.79 Å². The number of fused-ring (bicyclic) bond motifs is 3. The van der Waals surface area contributed by atoms with Crippen LogP contribution in [-0.2, 0) is 79.6 Å². The highest BCUT2D eigenvalue weighted by molar-refractivity contribution is 6.39. The van der Waals surface area contributed by atoms with Crippen molar-refractivity contribution >= 4 is 29.2 Å². The Bertz CT molecular complexity index is 2370. The predicted molar refractivity (Wildman–Crippen MR) is 325 cm³/mol. The molecule has 20 nitrogen and oxygen atoms in total. The Kier molecular flexibility index (Phi) is 31.7. The highest BCUT2D eigenvalue weighted by Gasteiger charge is 2.53. The number of ketones is 3. The van der Waals surface area contributed by atoms with E-state index in [-0.39, 0.29) is 60.9 Å². The van der Waals surface area contributed by atoms with E-state index in [1.807, 2.05) is 64.3 Å². The number of amides is 1. The summed E-state index contributed by atoms with van der Waals surface area (Å²) in [6.07, 6.45) is 17.6. The van der Waals surface area contributed by atoms with Gasteiger partial charge in [0.25, 0.3) is 11.7 Å². The Balaban J connectivity index is 1.27. The third kappa shape index (κ3) is 22.3. The molecular formula is C66H106N4O16. The minimum absolute atomic E-state index is 0.00875. The zero-order valence-electron chi connectivity index (χ0n) is 53.7. The number of ether oxygens (including phenoxy) is 9. The molecule has 2 saturated heterocycles. The quantitative estimate of drug-likeness (QED) is 0.0453. The summed E-state index contributed by atoms with van der Waals surface area (Å²) in [6.45, 7) is 19.5. The van der Waals surface area contributed by atoms with Crippen LogP contribution in [0.2, 0.25) is 0 Å². The molecule has 0 aromatic carbocycles. The Hall–Kier alpha value is -4.35. The summed E-state index contributed by atoms with van der Waals surface area (Å²) in [7, 11) is 4.66. The van der Waals surface area contributed by atoms with Crippen molar-refractivity contribution < 1.29 is 76.8 Å². The molecule has 0 spiro atoms. The van der Waals surface area contributed by atoms with Crippen LogP contribution >= 0.6 is 0 Å². The minimum atomic E-state index is -2.44. The number of Topliss-reactive ketones (excluding diaryl/α,β-unsaturated/α-hetero) is 3. The van der Waals surface area contributed by atoms with Crippen LogP contribution in [-0.4, -0.2) is 188 Å². The lowest BCUT2D eigenvalue weighted by atomic mass is 9.78. The number of rotatable bonds is 23. The van der Waals surface area contributed by atoms with Gasteiger partial charge in [-0.15, -0.1) is 5.10 Å². The summed E-state index contributed by atoms with van der Waals surface area (Å²) in [6, 6.07) is -1.15. The SMILES string of the molecule is CCCOCCOCCOCCn1cc(CCCCO[C@@H]2CC[C@@H](C[C@@H](C)[C@@H]3CC(=O)[C@H](C)/C=C(\C)[C@@H](O)[C@@H](OC)C(=O)[C@H](C)C[C@H](C)/C=C/C=C/C=C(\C)[C@@H](OC)C[C@@H]4CC[C@@H](C)[C@@](O)(O4)C(=O)C(=O)N4CCCC[C@H]4C(=O)O3)C[C@H]2OC)nn1. The molecule has 1 aliphatic carbocycles. The molecule has 5 rings (SSSR count). The number of aromatic nitrogens is 3. The molecule has 2 N–H and O–H groups in total. The second kappa shape index (κ2) is 37.6. The Morgan fingerprint density at radius 3 is 2.23 bits per heavy atom. The number of aryl methyl sites for hydroxylation is 1. The van der Waals surface area contributed by atoms with Crippen LogP contribution in [0.3, 0.4) is 0 Å². The summed E-state index contributed by atoms with van der Waals surface area (Å²) in [5, 5.41) is 32.3. The van der Waals surface area contributed by atoms with Gasteiger partial charge < -0.3 is 57.7 Å². The van der Waals surface area contributed by atoms with Gasteiger partial charge in [-0.05, 0) is 133 Å². The van der Waals surface area contributed by atoms with Crippen molar-refractivity contribution in [3.8, 4) is 0 Å². The molecule has 3 fully saturated rings. The number of carbonyl (C=O) groups excluding carboxylic acids is 5. The third-order valence-corrected chi connectivity index (χ3v) is 17.8. The van der Waals surface area contributed by atoms with E-state index in [9.17, 15) is 34.2 Å². The van der Waals surface area contributed by atoms with E-state index in [2.05, 4.69) is 17.2 Å². The summed E-state index contributed by atoms with van der Waals surface area (Å²) in [5.74, 6) is -7.99. The Morgan fingerprint density at radius 1 is 0.791 bits per heavy atom. The van der Waals surface area contributed by atoms with Crippen LogP contribution in [0.25, 0.3) is 0 Å². The fourth-order valence-electron chi connectivity index (χ4n) is 12.3. The first-order valence-electron chi connectivity index (χ1n) is 32.0. The largest absolute Gasteiger partial charge is 0.460 e. The number of allylic oxidation sites excluding steroid dienone is 6. The number of methoxy groups -OCH3 is 3. The smallest absolute Gasteiger partial charge is 0.329 e. The number of nitrogens with zero attached hydrogens (tertiary/aromatic N) is 4. The maximum Gasteiger partial charge on any atom is 0.329 e. The van der Waals surface area contributed by atoms with Gasteiger partial charge in [0.15, 0.2) is 5.78 Å². The number of hydrogen-bond donors (Lipinski definition) is 2. The molecule has 1 amide bonds. The van der Waals surface area contributed by atoms with Crippen molar-refractivity contribution in [3.05, 3.63) is 59.5 Å². The second-order valence-electron chi connectivity index (χ2n) is 24.7. The first kappa shape index (κ1) is 72.4. The maximum absolute atomic E-state index is 14.7. The van der Waals surface area contributed by atoms with Crippen molar-refractivity contribution in [1.29, 1.82) is 0 Å². The van der Waals surface area contributed by atoms with E-state index in [1.54, 1.807) is 45.7 Å². The third-order valence-electron chi connectivity index (χ3n) is 17.8. The number of esters is 1. The van der Waals surface area contributed by atoms with Crippen LogP contribution in [0.15, 0.2) is 53.8 Å². The van der Waals surface area contributed by atoms with Crippen LogP contribution in [0.1, 0.15) is 157 Å². The predicted octanol–water partition coefficient (Wildman–Crippen LogP) is 8.28. The van der Waals surface area contributed by atoms with Gasteiger partial charge >= 0.3 is 5.97 Å². The highest BCUT2D eigenvalue weighted by Crippen LogP contribution is 2.38. The van der Waals surface area contributed by atoms with Crippen LogP contribution in [0.4, 0.5) is 0 Å². The van der Waals surface area contributed by atoms with Crippen LogP contribution in [0.5, 0.6) is 0 Å². The number of cyclic esters (lactones) is 1. The lowest BCUT2D eigenvalue weighted by Gasteiger charge is -2.42. The van der Waals surface area contributed by atoms with Gasteiger partial charge in [-0.2, -0.15) is 0 Å². The summed E-state index contributed by atoms with van der Waals surface area (Å²) in [4.78, 5) is 73.1. The van der Waals surface area contributed by atoms with Gasteiger partial charge in [0, 0.05) is 77.9 Å². The zero-order valence-corrected chi connectivity index (χ0v) is 53.7. The summed E-state index contributed by atoms with van der Waals surface area (Å²) < 4.78 is 55.1. The van der Waals surface area contributed by atoms with E-state index < -0.39 is 77.8 Å².